The Balaban J connectivity index is 2.13. The number of hydrogen-bond donors (Lipinski definition) is 1. The van der Waals surface area contributed by atoms with Gasteiger partial charge in [-0.1, -0.05) is 12.6 Å². The SMILES string of the molecule is C=Cn1cc(CNc2cccc([N+](=O)[O-])c2C)cn1. The van der Waals surface area contributed by atoms with Crippen LogP contribution in [0.5, 0.6) is 0 Å². The van der Waals surface area contributed by atoms with Gasteiger partial charge in [0.15, 0.2) is 0 Å². The molecule has 0 saturated carbocycles. The number of hydrogen-bond acceptors (Lipinski definition) is 4. The Bertz CT molecular complexity index is 619. The molecule has 98 valence electrons. The van der Waals surface area contributed by atoms with Crippen molar-refractivity contribution in [2.24, 2.45) is 0 Å². The first-order chi connectivity index (χ1) is 9.11. The van der Waals surface area contributed by atoms with E-state index in [2.05, 4.69) is 17.0 Å². The molecule has 2 rings (SSSR count). The zero-order chi connectivity index (χ0) is 13.8. The van der Waals surface area contributed by atoms with Crippen LogP contribution in [-0.4, -0.2) is 14.7 Å². The van der Waals surface area contributed by atoms with E-state index in [1.54, 1.807) is 30.1 Å². The number of rotatable bonds is 5. The van der Waals surface area contributed by atoms with E-state index < -0.39 is 0 Å². The fraction of sp³-hybridized carbons (Fsp3) is 0.154. The van der Waals surface area contributed by atoms with E-state index in [1.165, 1.54) is 6.07 Å². The highest BCUT2D eigenvalue weighted by Crippen LogP contribution is 2.25. The molecule has 1 N–H and O–H groups in total. The summed E-state index contributed by atoms with van der Waals surface area (Å²) in [6.07, 6.45) is 5.16. The molecule has 0 amide bonds. The summed E-state index contributed by atoms with van der Waals surface area (Å²) in [5.74, 6) is 0. The highest BCUT2D eigenvalue weighted by Gasteiger charge is 2.12. The second-order valence-corrected chi connectivity index (χ2v) is 4.07. The Morgan fingerprint density at radius 3 is 3.00 bits per heavy atom. The molecule has 0 spiro atoms. The zero-order valence-corrected chi connectivity index (χ0v) is 10.5. The Morgan fingerprint density at radius 1 is 1.58 bits per heavy atom. The van der Waals surface area contributed by atoms with Gasteiger partial charge in [0.25, 0.3) is 5.69 Å². The van der Waals surface area contributed by atoms with Crippen LogP contribution in [0.15, 0.2) is 37.2 Å². The molecule has 19 heavy (non-hydrogen) atoms. The van der Waals surface area contributed by atoms with Gasteiger partial charge in [0.05, 0.1) is 11.1 Å². The molecule has 1 aromatic carbocycles. The summed E-state index contributed by atoms with van der Waals surface area (Å²) in [5.41, 5.74) is 2.47. The fourth-order valence-electron chi connectivity index (χ4n) is 1.78. The molecule has 0 unspecified atom stereocenters. The third-order valence-corrected chi connectivity index (χ3v) is 2.83. The molecule has 0 aliphatic heterocycles. The topological polar surface area (TPSA) is 73.0 Å². The summed E-state index contributed by atoms with van der Waals surface area (Å²) < 4.78 is 1.61. The first-order valence-corrected chi connectivity index (χ1v) is 5.75. The molecule has 0 aliphatic carbocycles. The van der Waals surface area contributed by atoms with Crippen molar-refractivity contribution >= 4 is 17.6 Å². The quantitative estimate of drug-likeness (QED) is 0.661. The maximum absolute atomic E-state index is 10.8. The van der Waals surface area contributed by atoms with Gasteiger partial charge in [0, 0.05) is 41.8 Å². The lowest BCUT2D eigenvalue weighted by molar-refractivity contribution is -0.385. The van der Waals surface area contributed by atoms with E-state index in [9.17, 15) is 10.1 Å². The molecule has 6 nitrogen and oxygen atoms in total. The van der Waals surface area contributed by atoms with Crippen LogP contribution < -0.4 is 5.32 Å². The number of benzene rings is 1. The number of anilines is 1. The van der Waals surface area contributed by atoms with Crippen molar-refractivity contribution in [3.8, 4) is 0 Å². The van der Waals surface area contributed by atoms with Crippen LogP contribution in [0, 0.1) is 17.0 Å². The van der Waals surface area contributed by atoms with E-state index in [-0.39, 0.29) is 10.6 Å². The summed E-state index contributed by atoms with van der Waals surface area (Å²) >= 11 is 0. The summed E-state index contributed by atoms with van der Waals surface area (Å²) in [5, 5.41) is 18.1. The summed E-state index contributed by atoms with van der Waals surface area (Å²) in [7, 11) is 0. The number of nitro groups is 1. The molecule has 6 heteroatoms. The van der Waals surface area contributed by atoms with Gasteiger partial charge < -0.3 is 5.32 Å². The molecular weight excluding hydrogens is 244 g/mol. The van der Waals surface area contributed by atoms with Crippen LogP contribution in [0.2, 0.25) is 0 Å². The predicted molar refractivity (Wildman–Crippen MR) is 73.8 cm³/mol. The maximum atomic E-state index is 10.8. The predicted octanol–water partition coefficient (Wildman–Crippen LogP) is 2.81. The van der Waals surface area contributed by atoms with E-state index >= 15 is 0 Å². The monoisotopic (exact) mass is 258 g/mol. The number of nitrogens with one attached hydrogen (secondary N) is 1. The molecule has 0 aliphatic rings. The zero-order valence-electron chi connectivity index (χ0n) is 10.5. The average molecular weight is 258 g/mol. The van der Waals surface area contributed by atoms with E-state index in [0.717, 1.165) is 11.3 Å². The number of nitrogens with zero attached hydrogens (tertiary/aromatic N) is 3. The third-order valence-electron chi connectivity index (χ3n) is 2.83. The van der Waals surface area contributed by atoms with Crippen LogP contribution in [0.1, 0.15) is 11.1 Å². The summed E-state index contributed by atoms with van der Waals surface area (Å²) in [6.45, 7) is 5.89. The Labute approximate surface area is 110 Å². The highest BCUT2D eigenvalue weighted by atomic mass is 16.6. The molecule has 0 atom stereocenters. The van der Waals surface area contributed by atoms with Crippen LogP contribution in [-0.2, 0) is 6.54 Å². The minimum absolute atomic E-state index is 0.117. The summed E-state index contributed by atoms with van der Waals surface area (Å²) in [4.78, 5) is 10.5. The van der Waals surface area contributed by atoms with Crippen LogP contribution >= 0.6 is 0 Å². The molecule has 1 aromatic heterocycles. The van der Waals surface area contributed by atoms with Crippen molar-refractivity contribution < 1.29 is 4.92 Å². The Morgan fingerprint density at radius 2 is 2.37 bits per heavy atom. The van der Waals surface area contributed by atoms with Gasteiger partial charge in [0.1, 0.15) is 0 Å². The van der Waals surface area contributed by atoms with Crippen molar-refractivity contribution in [1.82, 2.24) is 9.78 Å². The lowest BCUT2D eigenvalue weighted by atomic mass is 10.1. The first kappa shape index (κ1) is 12.8. The normalized spacial score (nSPS) is 10.2. The van der Waals surface area contributed by atoms with E-state index in [4.69, 9.17) is 0 Å². The van der Waals surface area contributed by atoms with E-state index in [0.29, 0.717) is 12.1 Å². The second-order valence-electron chi connectivity index (χ2n) is 4.07. The van der Waals surface area contributed by atoms with Crippen LogP contribution in [0.4, 0.5) is 11.4 Å². The molecule has 2 aromatic rings. The van der Waals surface area contributed by atoms with Gasteiger partial charge in [-0.2, -0.15) is 5.10 Å². The molecule has 1 heterocycles. The van der Waals surface area contributed by atoms with Crippen molar-refractivity contribution in [3.05, 3.63) is 58.4 Å². The van der Waals surface area contributed by atoms with Crippen LogP contribution in [0.25, 0.3) is 6.20 Å². The van der Waals surface area contributed by atoms with Gasteiger partial charge in [0.2, 0.25) is 0 Å². The second kappa shape index (κ2) is 5.34. The third kappa shape index (κ3) is 2.79. The van der Waals surface area contributed by atoms with Crippen molar-refractivity contribution in [2.75, 3.05) is 5.32 Å². The first-order valence-electron chi connectivity index (χ1n) is 5.75. The van der Waals surface area contributed by atoms with Crippen molar-refractivity contribution in [3.63, 3.8) is 0 Å². The molecule has 0 bridgehead atoms. The Kier molecular flexibility index (Phi) is 3.61. The average Bonchev–Trinajstić information content (AvgIpc) is 2.85. The van der Waals surface area contributed by atoms with Crippen molar-refractivity contribution in [1.29, 1.82) is 0 Å². The molecule has 0 fully saturated rings. The highest BCUT2D eigenvalue weighted by molar-refractivity contribution is 5.59. The largest absolute Gasteiger partial charge is 0.380 e. The van der Waals surface area contributed by atoms with Crippen LogP contribution in [0.3, 0.4) is 0 Å². The van der Waals surface area contributed by atoms with Gasteiger partial charge in [-0.3, -0.25) is 10.1 Å². The van der Waals surface area contributed by atoms with Gasteiger partial charge in [-0.15, -0.1) is 0 Å². The summed E-state index contributed by atoms with van der Waals surface area (Å²) in [6, 6.07) is 4.98. The van der Waals surface area contributed by atoms with E-state index in [1.807, 2.05) is 12.3 Å². The lowest BCUT2D eigenvalue weighted by Crippen LogP contribution is -2.02. The van der Waals surface area contributed by atoms with Gasteiger partial charge in [-0.25, -0.2) is 4.68 Å². The number of nitro benzene ring substituents is 1. The fourth-order valence-corrected chi connectivity index (χ4v) is 1.78. The lowest BCUT2D eigenvalue weighted by Gasteiger charge is -2.08. The minimum Gasteiger partial charge on any atom is -0.380 e. The van der Waals surface area contributed by atoms with Crippen molar-refractivity contribution in [2.45, 2.75) is 13.5 Å². The molecular formula is C13H14N4O2. The van der Waals surface area contributed by atoms with Gasteiger partial charge >= 0.3 is 0 Å². The smallest absolute Gasteiger partial charge is 0.274 e. The maximum Gasteiger partial charge on any atom is 0.274 e. The molecule has 0 radical (unpaired) electrons. The van der Waals surface area contributed by atoms with Gasteiger partial charge in [-0.05, 0) is 13.0 Å². The minimum atomic E-state index is -0.379. The standard InChI is InChI=1S/C13H14N4O2/c1-3-16-9-11(8-15-16)7-14-12-5-4-6-13(10(12)2)17(18)19/h3-6,8-9,14H,1,7H2,2H3. The molecule has 0 saturated heterocycles. The Hall–Kier alpha value is -2.63. The number of aromatic nitrogens is 2.